The number of nitrogens with zero attached hydrogens (tertiary/aromatic N) is 2. The first-order valence-corrected chi connectivity index (χ1v) is 9.45. The lowest BCUT2D eigenvalue weighted by atomic mass is 9.97. The molecule has 5 nitrogen and oxygen atoms in total. The zero-order valence-corrected chi connectivity index (χ0v) is 16.3. The van der Waals surface area contributed by atoms with Gasteiger partial charge in [-0.3, -0.25) is 14.2 Å². The van der Waals surface area contributed by atoms with Gasteiger partial charge in [-0.15, -0.1) is 11.3 Å². The van der Waals surface area contributed by atoms with Crippen molar-refractivity contribution >= 4 is 27.5 Å². The van der Waals surface area contributed by atoms with E-state index in [2.05, 4.69) is 23.2 Å². The highest BCUT2D eigenvalue weighted by atomic mass is 32.1. The number of aryl methyl sites for hydroxylation is 3. The van der Waals surface area contributed by atoms with Gasteiger partial charge in [0.05, 0.1) is 18.3 Å². The van der Waals surface area contributed by atoms with Crippen LogP contribution in [0.4, 0.5) is 0 Å². The summed E-state index contributed by atoms with van der Waals surface area (Å²) in [6, 6.07) is 6.21. The van der Waals surface area contributed by atoms with E-state index in [0.717, 1.165) is 33.6 Å². The van der Waals surface area contributed by atoms with E-state index in [1.165, 1.54) is 22.2 Å². The van der Waals surface area contributed by atoms with Crippen LogP contribution in [0.25, 0.3) is 21.3 Å². The van der Waals surface area contributed by atoms with E-state index < -0.39 is 5.97 Å². The molecule has 0 aliphatic rings. The lowest BCUT2D eigenvalue weighted by Crippen LogP contribution is -2.25. The van der Waals surface area contributed by atoms with Gasteiger partial charge < -0.3 is 4.74 Å². The van der Waals surface area contributed by atoms with Crippen LogP contribution in [0, 0.1) is 20.8 Å². The molecule has 1 aromatic carbocycles. The molecule has 0 saturated heterocycles. The van der Waals surface area contributed by atoms with Crippen molar-refractivity contribution in [3.8, 4) is 11.1 Å². The van der Waals surface area contributed by atoms with E-state index in [9.17, 15) is 9.59 Å². The molecule has 0 amide bonds. The number of aromatic nitrogens is 2. The second-order valence-electron chi connectivity index (χ2n) is 6.43. The number of fused-ring (bicyclic) bond motifs is 1. The summed E-state index contributed by atoms with van der Waals surface area (Å²) < 4.78 is 6.43. The Kier molecular flexibility index (Phi) is 5.23. The monoisotopic (exact) mass is 370 g/mol. The maximum absolute atomic E-state index is 13.1. The number of esters is 1. The Balaban J connectivity index is 2.15. The summed E-state index contributed by atoms with van der Waals surface area (Å²) >= 11 is 1.50. The summed E-state index contributed by atoms with van der Waals surface area (Å²) in [4.78, 5) is 31.1. The van der Waals surface area contributed by atoms with Crippen molar-refractivity contribution in [3.05, 3.63) is 50.9 Å². The molecule has 6 heteroatoms. The molecule has 0 atom stereocenters. The average molecular weight is 370 g/mol. The summed E-state index contributed by atoms with van der Waals surface area (Å²) in [5.41, 5.74) is 4.00. The van der Waals surface area contributed by atoms with Crippen molar-refractivity contribution in [1.82, 2.24) is 9.55 Å². The van der Waals surface area contributed by atoms with Crippen LogP contribution >= 0.6 is 11.3 Å². The molecule has 2 heterocycles. The minimum absolute atomic E-state index is 0.122. The third kappa shape index (κ3) is 3.42. The predicted octanol–water partition coefficient (Wildman–Crippen LogP) is 4.00. The van der Waals surface area contributed by atoms with Gasteiger partial charge in [0.25, 0.3) is 5.56 Å². The predicted molar refractivity (Wildman–Crippen MR) is 105 cm³/mol. The van der Waals surface area contributed by atoms with Crippen LogP contribution in [0.3, 0.4) is 0 Å². The van der Waals surface area contributed by atoms with Crippen molar-refractivity contribution in [1.29, 1.82) is 0 Å². The van der Waals surface area contributed by atoms with Gasteiger partial charge in [0.1, 0.15) is 11.4 Å². The molecule has 0 aliphatic heterocycles. The number of thiophene rings is 1. The molecule has 0 N–H and O–H groups in total. The molecular weight excluding hydrogens is 348 g/mol. The van der Waals surface area contributed by atoms with Gasteiger partial charge in [0, 0.05) is 10.4 Å². The number of carbonyl (C=O) groups is 1. The fourth-order valence-electron chi connectivity index (χ4n) is 2.98. The van der Waals surface area contributed by atoms with Crippen molar-refractivity contribution in [2.75, 3.05) is 6.61 Å². The van der Waals surface area contributed by atoms with Crippen LogP contribution in [0.5, 0.6) is 0 Å². The fourth-order valence-corrected chi connectivity index (χ4v) is 3.98. The molecule has 0 radical (unpaired) electrons. The highest BCUT2D eigenvalue weighted by molar-refractivity contribution is 7.19. The number of benzene rings is 1. The molecule has 0 unspecified atom stereocenters. The van der Waals surface area contributed by atoms with Gasteiger partial charge >= 0.3 is 5.97 Å². The van der Waals surface area contributed by atoms with Crippen LogP contribution in [0.2, 0.25) is 0 Å². The highest BCUT2D eigenvalue weighted by Gasteiger charge is 2.19. The zero-order chi connectivity index (χ0) is 18.8. The normalized spacial score (nSPS) is 11.1. The Morgan fingerprint density at radius 3 is 2.77 bits per heavy atom. The first kappa shape index (κ1) is 18.3. The van der Waals surface area contributed by atoms with Crippen molar-refractivity contribution in [2.24, 2.45) is 0 Å². The molecule has 3 aromatic rings. The molecule has 0 fully saturated rings. The maximum Gasteiger partial charge on any atom is 0.326 e. The van der Waals surface area contributed by atoms with E-state index in [0.29, 0.717) is 16.8 Å². The highest BCUT2D eigenvalue weighted by Crippen LogP contribution is 2.37. The molecular formula is C20H22N2O3S. The summed E-state index contributed by atoms with van der Waals surface area (Å²) in [5.74, 6) is -0.421. The lowest BCUT2D eigenvalue weighted by Gasteiger charge is -2.09. The number of hydrogen-bond donors (Lipinski definition) is 0. The standard InChI is InChI=1S/C20H22N2O3S/c1-5-8-25-16(23)10-22-11-21-19-18(20(22)24)17(14(4)26-19)15-9-12(2)6-7-13(15)3/h6-7,9,11H,5,8,10H2,1-4H3. The largest absolute Gasteiger partial charge is 0.464 e. The minimum atomic E-state index is -0.421. The number of hydrogen-bond acceptors (Lipinski definition) is 5. The third-order valence-corrected chi connectivity index (χ3v) is 5.30. The van der Waals surface area contributed by atoms with E-state index in [1.807, 2.05) is 27.7 Å². The van der Waals surface area contributed by atoms with Gasteiger partial charge in [-0.25, -0.2) is 4.98 Å². The summed E-state index contributed by atoms with van der Waals surface area (Å²) in [7, 11) is 0. The maximum atomic E-state index is 13.1. The number of ether oxygens (including phenoxy) is 1. The van der Waals surface area contributed by atoms with E-state index in [-0.39, 0.29) is 12.1 Å². The Bertz CT molecular complexity index is 1030. The third-order valence-electron chi connectivity index (χ3n) is 4.28. The van der Waals surface area contributed by atoms with Gasteiger partial charge in [0.15, 0.2) is 0 Å². The van der Waals surface area contributed by atoms with Crippen LogP contribution in [-0.4, -0.2) is 22.1 Å². The molecule has 3 rings (SSSR count). The SMILES string of the molecule is CCCOC(=O)Cn1cnc2sc(C)c(-c3cc(C)ccc3C)c2c1=O. The van der Waals surface area contributed by atoms with Crippen molar-refractivity contribution < 1.29 is 9.53 Å². The van der Waals surface area contributed by atoms with E-state index in [1.54, 1.807) is 0 Å². The van der Waals surface area contributed by atoms with Crippen molar-refractivity contribution in [2.45, 2.75) is 40.7 Å². The van der Waals surface area contributed by atoms with E-state index in [4.69, 9.17) is 4.74 Å². The molecule has 136 valence electrons. The minimum Gasteiger partial charge on any atom is -0.464 e. The molecule has 0 aliphatic carbocycles. The average Bonchev–Trinajstić information content (AvgIpc) is 2.94. The molecule has 26 heavy (non-hydrogen) atoms. The van der Waals surface area contributed by atoms with Crippen LogP contribution in [-0.2, 0) is 16.1 Å². The molecule has 0 spiro atoms. The Morgan fingerprint density at radius 1 is 1.27 bits per heavy atom. The molecule has 2 aromatic heterocycles. The summed E-state index contributed by atoms with van der Waals surface area (Å²) in [6.07, 6.45) is 2.18. The van der Waals surface area contributed by atoms with Crippen LogP contribution in [0.15, 0.2) is 29.3 Å². The quantitative estimate of drug-likeness (QED) is 0.637. The zero-order valence-electron chi connectivity index (χ0n) is 15.5. The van der Waals surface area contributed by atoms with Gasteiger partial charge in [-0.05, 0) is 38.3 Å². The molecule has 0 saturated carbocycles. The first-order chi connectivity index (χ1) is 12.4. The topological polar surface area (TPSA) is 61.2 Å². The van der Waals surface area contributed by atoms with Gasteiger partial charge in [0.2, 0.25) is 0 Å². The second-order valence-corrected chi connectivity index (χ2v) is 7.63. The smallest absolute Gasteiger partial charge is 0.326 e. The van der Waals surface area contributed by atoms with Gasteiger partial charge in [-0.2, -0.15) is 0 Å². The second kappa shape index (κ2) is 7.41. The summed E-state index contributed by atoms with van der Waals surface area (Å²) in [6.45, 7) is 8.24. The Morgan fingerprint density at radius 2 is 2.04 bits per heavy atom. The van der Waals surface area contributed by atoms with Crippen LogP contribution in [0.1, 0.15) is 29.3 Å². The van der Waals surface area contributed by atoms with Gasteiger partial charge in [-0.1, -0.05) is 30.7 Å². The fraction of sp³-hybridized carbons (Fsp3) is 0.350. The first-order valence-electron chi connectivity index (χ1n) is 8.64. The Labute approximate surface area is 156 Å². The van der Waals surface area contributed by atoms with E-state index >= 15 is 0 Å². The lowest BCUT2D eigenvalue weighted by molar-refractivity contribution is -0.144. The number of rotatable bonds is 5. The van der Waals surface area contributed by atoms with Crippen LogP contribution < -0.4 is 5.56 Å². The Hall–Kier alpha value is -2.47. The number of carbonyl (C=O) groups excluding carboxylic acids is 1. The van der Waals surface area contributed by atoms with Crippen molar-refractivity contribution in [3.63, 3.8) is 0 Å². The molecule has 0 bridgehead atoms. The summed E-state index contributed by atoms with van der Waals surface area (Å²) in [5, 5.41) is 0.576.